The monoisotopic (exact) mass is 623 g/mol. The number of non-ortho nitro benzene ring substituents is 1. The Balaban J connectivity index is 1.30. The second-order valence-electron chi connectivity index (χ2n) is 8.76. The number of anilines is 1. The summed E-state index contributed by atoms with van der Waals surface area (Å²) in [6.07, 6.45) is 0.319. The molecule has 1 aliphatic rings. The highest BCUT2D eigenvalue weighted by molar-refractivity contribution is 7.99. The lowest BCUT2D eigenvalue weighted by Crippen LogP contribution is -2.41. The van der Waals surface area contributed by atoms with Crippen LogP contribution in [0.15, 0.2) is 81.4 Å². The van der Waals surface area contributed by atoms with Crippen LogP contribution in [0.2, 0.25) is 10.0 Å². The van der Waals surface area contributed by atoms with Crippen molar-refractivity contribution < 1.29 is 27.7 Å². The Bertz CT molecular complexity index is 1530. The first-order valence-corrected chi connectivity index (χ1v) is 15.0. The van der Waals surface area contributed by atoms with Crippen LogP contribution in [0.3, 0.4) is 0 Å². The van der Waals surface area contributed by atoms with E-state index in [1.54, 1.807) is 24.3 Å². The maximum absolute atomic E-state index is 13.0. The number of nitro groups is 1. The Morgan fingerprint density at radius 1 is 1.05 bits per heavy atom. The molecule has 1 saturated heterocycles. The Kier molecular flexibility index (Phi) is 9.69. The van der Waals surface area contributed by atoms with Crippen molar-refractivity contribution in [2.24, 2.45) is 5.92 Å². The highest BCUT2D eigenvalue weighted by Crippen LogP contribution is 2.34. The molecule has 10 nitrogen and oxygen atoms in total. The summed E-state index contributed by atoms with van der Waals surface area (Å²) in [7, 11) is -4.11. The van der Waals surface area contributed by atoms with Gasteiger partial charge in [0.25, 0.3) is 11.6 Å². The molecule has 0 aromatic heterocycles. The number of carbonyl (C=O) groups excluding carboxylic acids is 2. The van der Waals surface area contributed by atoms with Crippen LogP contribution in [0.5, 0.6) is 0 Å². The van der Waals surface area contributed by atoms with Crippen LogP contribution in [0.1, 0.15) is 12.8 Å². The summed E-state index contributed by atoms with van der Waals surface area (Å²) in [6, 6.07) is 17.7. The summed E-state index contributed by atoms with van der Waals surface area (Å²) in [5.74, 6) is -1.73. The number of nitro benzene ring substituents is 1. The molecule has 0 radical (unpaired) electrons. The lowest BCUT2D eigenvalue weighted by atomic mass is 9.98. The number of para-hydroxylation sites is 1. The van der Waals surface area contributed by atoms with E-state index in [-0.39, 0.29) is 35.8 Å². The Hall–Kier alpha value is -3.16. The average molecular weight is 625 g/mol. The third-order valence-corrected chi connectivity index (χ3v) is 9.79. The van der Waals surface area contributed by atoms with Gasteiger partial charge >= 0.3 is 5.97 Å². The van der Waals surface area contributed by atoms with E-state index in [2.05, 4.69) is 5.32 Å². The minimum absolute atomic E-state index is 0.0113. The number of piperidine rings is 1. The molecule has 0 atom stereocenters. The van der Waals surface area contributed by atoms with Crippen LogP contribution in [0, 0.1) is 16.0 Å². The summed E-state index contributed by atoms with van der Waals surface area (Å²) in [6.45, 7) is -0.522. The first-order valence-electron chi connectivity index (χ1n) is 12.0. The van der Waals surface area contributed by atoms with Gasteiger partial charge in [-0.2, -0.15) is 4.31 Å². The van der Waals surface area contributed by atoms with E-state index in [0.29, 0.717) is 10.7 Å². The normalized spacial score (nSPS) is 14.4. The minimum Gasteiger partial charge on any atom is -0.455 e. The van der Waals surface area contributed by atoms with Crippen molar-refractivity contribution in [1.29, 1.82) is 0 Å². The average Bonchev–Trinajstić information content (AvgIpc) is 2.94. The zero-order valence-electron chi connectivity index (χ0n) is 20.8. The van der Waals surface area contributed by atoms with Crippen molar-refractivity contribution in [2.45, 2.75) is 27.5 Å². The minimum atomic E-state index is -4.11. The second-order valence-corrected chi connectivity index (χ2v) is 12.6. The number of esters is 1. The fraction of sp³-hybridized carbons (Fsp3) is 0.231. The van der Waals surface area contributed by atoms with E-state index in [9.17, 15) is 28.1 Å². The van der Waals surface area contributed by atoms with E-state index in [4.69, 9.17) is 27.9 Å². The van der Waals surface area contributed by atoms with Crippen molar-refractivity contribution in [3.63, 3.8) is 0 Å². The summed E-state index contributed by atoms with van der Waals surface area (Å²) in [5, 5.41) is 14.3. The predicted molar refractivity (Wildman–Crippen MR) is 151 cm³/mol. The topological polar surface area (TPSA) is 136 Å². The standard InChI is InChI=1S/C26H23Cl2N3O7S2/c27-18-5-8-20(9-6-18)39-23-4-2-1-3-22(23)29-25(32)16-38-26(33)17-11-13-30(14-12-17)40(36,37)24-15-19(31(34)35)7-10-21(24)28/h1-10,15,17H,11-14,16H2,(H,29,32). The van der Waals surface area contributed by atoms with E-state index in [1.165, 1.54) is 11.8 Å². The van der Waals surface area contributed by atoms with Crippen LogP contribution < -0.4 is 5.32 Å². The van der Waals surface area contributed by atoms with Gasteiger partial charge in [0.1, 0.15) is 4.90 Å². The van der Waals surface area contributed by atoms with Crippen molar-refractivity contribution >= 4 is 68.2 Å². The molecule has 40 heavy (non-hydrogen) atoms. The summed E-state index contributed by atoms with van der Waals surface area (Å²) >= 11 is 13.4. The van der Waals surface area contributed by atoms with E-state index in [1.807, 2.05) is 24.3 Å². The summed E-state index contributed by atoms with van der Waals surface area (Å²) < 4.78 is 32.4. The Morgan fingerprint density at radius 2 is 1.73 bits per heavy atom. The molecule has 14 heteroatoms. The number of ether oxygens (including phenoxy) is 1. The second kappa shape index (κ2) is 13.0. The number of amides is 1. The van der Waals surface area contributed by atoms with E-state index in [0.717, 1.165) is 32.3 Å². The van der Waals surface area contributed by atoms with Crippen molar-refractivity contribution in [1.82, 2.24) is 4.31 Å². The SMILES string of the molecule is O=C(COC(=O)C1CCN(S(=O)(=O)c2cc([N+](=O)[O-])ccc2Cl)CC1)Nc1ccccc1Sc1ccc(Cl)cc1. The third-order valence-electron chi connectivity index (χ3n) is 6.08. The van der Waals surface area contributed by atoms with Gasteiger partial charge < -0.3 is 10.1 Å². The maximum atomic E-state index is 13.0. The molecular weight excluding hydrogens is 601 g/mol. The molecule has 1 N–H and O–H groups in total. The van der Waals surface area contributed by atoms with Crippen molar-refractivity contribution in [2.75, 3.05) is 25.0 Å². The zero-order chi connectivity index (χ0) is 28.9. The lowest BCUT2D eigenvalue weighted by Gasteiger charge is -2.30. The van der Waals surface area contributed by atoms with Gasteiger partial charge in [-0.25, -0.2) is 8.42 Å². The highest BCUT2D eigenvalue weighted by atomic mass is 35.5. The first kappa shape index (κ1) is 29.8. The summed E-state index contributed by atoms with van der Waals surface area (Å²) in [5.41, 5.74) is 0.160. The van der Waals surface area contributed by atoms with Crippen molar-refractivity contribution in [3.05, 3.63) is 86.9 Å². The quantitative estimate of drug-likeness (QED) is 0.184. The molecule has 1 aliphatic heterocycles. The van der Waals surface area contributed by atoms with Gasteiger partial charge in [0.15, 0.2) is 6.61 Å². The van der Waals surface area contributed by atoms with Crippen molar-refractivity contribution in [3.8, 4) is 0 Å². The van der Waals surface area contributed by atoms with Gasteiger partial charge in [-0.15, -0.1) is 0 Å². The first-order chi connectivity index (χ1) is 19.0. The Morgan fingerprint density at radius 3 is 2.40 bits per heavy atom. The van der Waals surface area contributed by atoms with Crippen LogP contribution in [-0.4, -0.2) is 49.2 Å². The highest BCUT2D eigenvalue weighted by Gasteiger charge is 2.34. The molecule has 1 fully saturated rings. The number of halogens is 2. The van der Waals surface area contributed by atoms with Gasteiger partial charge in [-0.3, -0.25) is 19.7 Å². The molecule has 0 spiro atoms. The van der Waals surface area contributed by atoms with E-state index >= 15 is 0 Å². The van der Waals surface area contributed by atoms with Gasteiger partial charge in [-0.05, 0) is 55.3 Å². The zero-order valence-corrected chi connectivity index (χ0v) is 23.9. The van der Waals surface area contributed by atoms with Crippen LogP contribution in [0.4, 0.5) is 11.4 Å². The third kappa shape index (κ3) is 7.32. The number of nitrogens with zero attached hydrogens (tertiary/aromatic N) is 2. The van der Waals surface area contributed by atoms with Gasteiger partial charge in [-0.1, -0.05) is 47.1 Å². The number of carbonyl (C=O) groups is 2. The molecule has 0 aliphatic carbocycles. The number of nitrogens with one attached hydrogen (secondary N) is 1. The van der Waals surface area contributed by atoms with E-state index < -0.39 is 45.0 Å². The summed E-state index contributed by atoms with van der Waals surface area (Å²) in [4.78, 5) is 36.9. The van der Waals surface area contributed by atoms with Gasteiger partial charge in [0, 0.05) is 40.0 Å². The van der Waals surface area contributed by atoms with Gasteiger partial charge in [0.05, 0.1) is 21.6 Å². The molecule has 1 heterocycles. The molecule has 3 aromatic carbocycles. The van der Waals surface area contributed by atoms with Crippen LogP contribution in [0.25, 0.3) is 0 Å². The molecule has 3 aromatic rings. The number of sulfonamides is 1. The number of hydrogen-bond donors (Lipinski definition) is 1. The molecule has 4 rings (SSSR count). The predicted octanol–water partition coefficient (Wildman–Crippen LogP) is 5.64. The maximum Gasteiger partial charge on any atom is 0.309 e. The smallest absolute Gasteiger partial charge is 0.309 e. The molecule has 0 bridgehead atoms. The fourth-order valence-corrected chi connectivity index (χ4v) is 7.00. The number of rotatable bonds is 9. The molecule has 0 saturated carbocycles. The van der Waals surface area contributed by atoms with Gasteiger partial charge in [0.2, 0.25) is 10.0 Å². The molecule has 0 unspecified atom stereocenters. The molecular formula is C26H23Cl2N3O7S2. The number of hydrogen-bond acceptors (Lipinski definition) is 8. The molecule has 210 valence electrons. The number of benzene rings is 3. The molecule has 1 amide bonds. The van der Waals surface area contributed by atoms with Crippen LogP contribution >= 0.6 is 35.0 Å². The fourth-order valence-electron chi connectivity index (χ4n) is 4.00. The largest absolute Gasteiger partial charge is 0.455 e. The Labute approximate surface area is 244 Å². The lowest BCUT2D eigenvalue weighted by molar-refractivity contribution is -0.385. The van der Waals surface area contributed by atoms with Crippen LogP contribution in [-0.2, 0) is 24.3 Å².